The Morgan fingerprint density at radius 3 is 2.67 bits per heavy atom. The van der Waals surface area contributed by atoms with Gasteiger partial charge in [0, 0.05) is 25.7 Å². The standard InChI is InChI=1S/C13H24N2/c1-13(5-2-6-13)9-15-7-10-3-4-12(14)11(10)8-15/h10-12H,2-9,14H2,1H3. The third-order valence-corrected chi connectivity index (χ3v) is 5.15. The number of nitrogens with zero attached hydrogens (tertiary/aromatic N) is 1. The third kappa shape index (κ3) is 1.72. The summed E-state index contributed by atoms with van der Waals surface area (Å²) >= 11 is 0. The minimum atomic E-state index is 0.509. The van der Waals surface area contributed by atoms with Crippen molar-refractivity contribution in [2.45, 2.75) is 45.1 Å². The Hall–Kier alpha value is -0.0800. The van der Waals surface area contributed by atoms with Crippen LogP contribution in [0.5, 0.6) is 0 Å². The topological polar surface area (TPSA) is 29.3 Å². The quantitative estimate of drug-likeness (QED) is 0.750. The van der Waals surface area contributed by atoms with E-state index in [-0.39, 0.29) is 0 Å². The van der Waals surface area contributed by atoms with Gasteiger partial charge in [0.1, 0.15) is 0 Å². The van der Waals surface area contributed by atoms with Crippen LogP contribution >= 0.6 is 0 Å². The maximum absolute atomic E-state index is 6.17. The molecule has 3 atom stereocenters. The zero-order chi connectivity index (χ0) is 10.5. The van der Waals surface area contributed by atoms with Crippen LogP contribution in [-0.4, -0.2) is 30.6 Å². The molecule has 2 nitrogen and oxygen atoms in total. The van der Waals surface area contributed by atoms with E-state index in [0.717, 1.165) is 11.8 Å². The maximum atomic E-state index is 6.17. The summed E-state index contributed by atoms with van der Waals surface area (Å²) in [6.45, 7) is 6.44. The Kier molecular flexibility index (Phi) is 2.33. The van der Waals surface area contributed by atoms with Gasteiger partial charge in [-0.25, -0.2) is 0 Å². The summed E-state index contributed by atoms with van der Waals surface area (Å²) in [5.74, 6) is 1.76. The fraction of sp³-hybridized carbons (Fsp3) is 1.00. The van der Waals surface area contributed by atoms with Gasteiger partial charge in [-0.05, 0) is 42.9 Å². The van der Waals surface area contributed by atoms with E-state index in [9.17, 15) is 0 Å². The Morgan fingerprint density at radius 1 is 1.27 bits per heavy atom. The summed E-state index contributed by atoms with van der Waals surface area (Å²) in [4.78, 5) is 2.70. The molecule has 2 N–H and O–H groups in total. The molecule has 3 unspecified atom stereocenters. The van der Waals surface area contributed by atoms with Gasteiger partial charge in [-0.15, -0.1) is 0 Å². The highest BCUT2D eigenvalue weighted by Crippen LogP contribution is 2.44. The molecule has 2 aliphatic carbocycles. The van der Waals surface area contributed by atoms with Gasteiger partial charge in [0.2, 0.25) is 0 Å². The Morgan fingerprint density at radius 2 is 2.07 bits per heavy atom. The van der Waals surface area contributed by atoms with Crippen molar-refractivity contribution in [3.63, 3.8) is 0 Å². The van der Waals surface area contributed by atoms with Gasteiger partial charge >= 0.3 is 0 Å². The van der Waals surface area contributed by atoms with Crippen molar-refractivity contribution in [2.75, 3.05) is 19.6 Å². The molecule has 0 bridgehead atoms. The van der Waals surface area contributed by atoms with E-state index in [1.807, 2.05) is 0 Å². The number of hydrogen-bond acceptors (Lipinski definition) is 2. The molecular weight excluding hydrogens is 184 g/mol. The van der Waals surface area contributed by atoms with Gasteiger partial charge in [-0.1, -0.05) is 13.3 Å². The van der Waals surface area contributed by atoms with Gasteiger partial charge in [-0.2, -0.15) is 0 Å². The Balaban J connectivity index is 1.57. The largest absolute Gasteiger partial charge is 0.327 e. The smallest absolute Gasteiger partial charge is 0.00826 e. The highest BCUT2D eigenvalue weighted by molar-refractivity contribution is 4.97. The molecule has 3 fully saturated rings. The zero-order valence-corrected chi connectivity index (χ0v) is 9.91. The predicted molar refractivity (Wildman–Crippen MR) is 62.6 cm³/mol. The van der Waals surface area contributed by atoms with Crippen molar-refractivity contribution in [3.8, 4) is 0 Å². The summed E-state index contributed by atoms with van der Waals surface area (Å²) in [5.41, 5.74) is 6.82. The van der Waals surface area contributed by atoms with E-state index in [4.69, 9.17) is 5.73 Å². The second kappa shape index (κ2) is 3.46. The lowest BCUT2D eigenvalue weighted by Crippen LogP contribution is -2.40. The van der Waals surface area contributed by atoms with Crippen LogP contribution < -0.4 is 5.73 Å². The molecule has 1 heterocycles. The van der Waals surface area contributed by atoms with Crippen molar-refractivity contribution >= 4 is 0 Å². The normalized spacial score (nSPS) is 44.0. The second-order valence-electron chi connectivity index (χ2n) is 6.52. The van der Waals surface area contributed by atoms with Crippen LogP contribution in [0.1, 0.15) is 39.0 Å². The summed E-state index contributed by atoms with van der Waals surface area (Å²) in [5, 5.41) is 0. The number of nitrogens with two attached hydrogens (primary N) is 1. The molecule has 3 aliphatic rings. The number of hydrogen-bond donors (Lipinski definition) is 1. The van der Waals surface area contributed by atoms with Crippen LogP contribution in [0.4, 0.5) is 0 Å². The first-order valence-corrected chi connectivity index (χ1v) is 6.64. The highest BCUT2D eigenvalue weighted by Gasteiger charge is 2.43. The molecule has 1 aliphatic heterocycles. The molecule has 0 aromatic rings. The van der Waals surface area contributed by atoms with Gasteiger partial charge in [0.15, 0.2) is 0 Å². The van der Waals surface area contributed by atoms with E-state index in [1.54, 1.807) is 0 Å². The summed E-state index contributed by atoms with van der Waals surface area (Å²) in [6.07, 6.45) is 7.02. The van der Waals surface area contributed by atoms with E-state index < -0.39 is 0 Å². The molecule has 86 valence electrons. The van der Waals surface area contributed by atoms with Crippen molar-refractivity contribution in [3.05, 3.63) is 0 Å². The molecule has 0 amide bonds. The van der Waals surface area contributed by atoms with Crippen molar-refractivity contribution in [1.29, 1.82) is 0 Å². The van der Waals surface area contributed by atoms with E-state index in [0.29, 0.717) is 11.5 Å². The predicted octanol–water partition coefficient (Wildman–Crippen LogP) is 1.85. The number of likely N-dealkylation sites (tertiary alicyclic amines) is 1. The monoisotopic (exact) mass is 208 g/mol. The van der Waals surface area contributed by atoms with Crippen molar-refractivity contribution in [1.82, 2.24) is 4.90 Å². The molecule has 0 spiro atoms. The average Bonchev–Trinajstić information content (AvgIpc) is 2.67. The van der Waals surface area contributed by atoms with Crippen molar-refractivity contribution in [2.24, 2.45) is 23.0 Å². The van der Waals surface area contributed by atoms with Crippen LogP contribution in [-0.2, 0) is 0 Å². The zero-order valence-electron chi connectivity index (χ0n) is 9.91. The summed E-state index contributed by atoms with van der Waals surface area (Å²) in [7, 11) is 0. The van der Waals surface area contributed by atoms with Gasteiger partial charge in [0.05, 0.1) is 0 Å². The molecule has 3 rings (SSSR count). The van der Waals surface area contributed by atoms with E-state index in [2.05, 4.69) is 11.8 Å². The maximum Gasteiger partial charge on any atom is 0.00826 e. The molecule has 0 radical (unpaired) electrons. The van der Waals surface area contributed by atoms with Gasteiger partial charge in [0.25, 0.3) is 0 Å². The fourth-order valence-electron chi connectivity index (χ4n) is 4.01. The summed E-state index contributed by atoms with van der Waals surface area (Å²) < 4.78 is 0. The molecule has 2 saturated carbocycles. The minimum absolute atomic E-state index is 0.509. The first kappa shape index (κ1) is 10.1. The molecule has 0 aromatic heterocycles. The molecule has 2 heteroatoms. The first-order valence-electron chi connectivity index (χ1n) is 6.64. The highest BCUT2D eigenvalue weighted by atomic mass is 15.2. The average molecular weight is 208 g/mol. The number of rotatable bonds is 2. The third-order valence-electron chi connectivity index (χ3n) is 5.15. The van der Waals surface area contributed by atoms with Crippen LogP contribution in [0.3, 0.4) is 0 Å². The molecule has 15 heavy (non-hydrogen) atoms. The lowest BCUT2D eigenvalue weighted by Gasteiger charge is -2.41. The van der Waals surface area contributed by atoms with E-state index >= 15 is 0 Å². The number of fused-ring (bicyclic) bond motifs is 1. The van der Waals surface area contributed by atoms with Crippen LogP contribution in [0.25, 0.3) is 0 Å². The van der Waals surface area contributed by atoms with Gasteiger partial charge < -0.3 is 10.6 Å². The molecule has 1 saturated heterocycles. The lowest BCUT2D eigenvalue weighted by molar-refractivity contribution is 0.0936. The minimum Gasteiger partial charge on any atom is -0.327 e. The van der Waals surface area contributed by atoms with E-state index in [1.165, 1.54) is 51.7 Å². The van der Waals surface area contributed by atoms with Crippen molar-refractivity contribution < 1.29 is 0 Å². The van der Waals surface area contributed by atoms with Crippen LogP contribution in [0.15, 0.2) is 0 Å². The fourth-order valence-corrected chi connectivity index (χ4v) is 4.01. The Bertz CT molecular complexity index is 247. The lowest BCUT2D eigenvalue weighted by atomic mass is 9.70. The SMILES string of the molecule is CC1(CN2CC3CCC(N)C3C2)CCC1. The van der Waals surface area contributed by atoms with Crippen LogP contribution in [0.2, 0.25) is 0 Å². The second-order valence-corrected chi connectivity index (χ2v) is 6.52. The summed E-state index contributed by atoms with van der Waals surface area (Å²) in [6, 6.07) is 0.509. The van der Waals surface area contributed by atoms with Gasteiger partial charge in [-0.3, -0.25) is 0 Å². The first-order chi connectivity index (χ1) is 7.16. The van der Waals surface area contributed by atoms with Crippen LogP contribution in [0, 0.1) is 17.3 Å². The Labute approximate surface area is 93.2 Å². The molecule has 0 aromatic carbocycles. The molecular formula is C13H24N2.